The van der Waals surface area contributed by atoms with Gasteiger partial charge in [-0.2, -0.15) is 0 Å². The lowest BCUT2D eigenvalue weighted by molar-refractivity contribution is -0.132. The number of nitrogens with zero attached hydrogens (tertiary/aromatic N) is 2. The molecule has 1 fully saturated rings. The number of ether oxygens (including phenoxy) is 3. The van der Waals surface area contributed by atoms with Crippen LogP contribution >= 0.6 is 11.3 Å². The lowest BCUT2D eigenvalue weighted by Crippen LogP contribution is -2.29. The average Bonchev–Trinajstić information content (AvgIpc) is 3.53. The molecule has 3 aromatic carbocycles. The predicted molar refractivity (Wildman–Crippen MR) is 169 cm³/mol. The van der Waals surface area contributed by atoms with Gasteiger partial charge in [0.2, 0.25) is 0 Å². The number of fused-ring (bicyclic) bond motifs is 1. The van der Waals surface area contributed by atoms with E-state index in [2.05, 4.69) is 6.92 Å². The normalized spacial score (nSPS) is 16.2. The maximum atomic E-state index is 13.7. The van der Waals surface area contributed by atoms with Gasteiger partial charge >= 0.3 is 5.91 Å². The third kappa shape index (κ3) is 6.22. The molecule has 8 nitrogen and oxygen atoms in total. The van der Waals surface area contributed by atoms with Crippen LogP contribution < -0.4 is 19.1 Å². The number of aromatic nitrogens is 1. The molecule has 1 unspecified atom stereocenters. The molecule has 0 bridgehead atoms. The second-order valence-corrected chi connectivity index (χ2v) is 11.3. The highest BCUT2D eigenvalue weighted by atomic mass is 32.1. The number of unbranched alkanes of at least 4 members (excludes halogenated alkanes) is 2. The Morgan fingerprint density at radius 2 is 1.67 bits per heavy atom. The Morgan fingerprint density at radius 1 is 0.907 bits per heavy atom. The van der Waals surface area contributed by atoms with Gasteiger partial charge in [-0.05, 0) is 86.8 Å². The zero-order valence-corrected chi connectivity index (χ0v) is 25.7. The van der Waals surface area contributed by atoms with Gasteiger partial charge in [0.15, 0.2) is 16.6 Å². The molecule has 1 aliphatic rings. The topological polar surface area (TPSA) is 98.2 Å². The van der Waals surface area contributed by atoms with Gasteiger partial charge in [0.25, 0.3) is 5.78 Å². The lowest BCUT2D eigenvalue weighted by Gasteiger charge is -2.24. The van der Waals surface area contributed by atoms with Crippen LogP contribution in [0.3, 0.4) is 0 Å². The van der Waals surface area contributed by atoms with Crippen LogP contribution in [0.2, 0.25) is 0 Å². The Hall–Kier alpha value is -4.37. The van der Waals surface area contributed by atoms with Gasteiger partial charge in [-0.25, -0.2) is 4.98 Å². The van der Waals surface area contributed by atoms with E-state index in [-0.39, 0.29) is 11.3 Å². The van der Waals surface area contributed by atoms with Gasteiger partial charge in [-0.3, -0.25) is 14.5 Å². The van der Waals surface area contributed by atoms with Crippen molar-refractivity contribution >= 4 is 44.1 Å². The first kappa shape index (κ1) is 30.1. The smallest absolute Gasteiger partial charge is 0.301 e. The molecule has 9 heteroatoms. The van der Waals surface area contributed by atoms with Crippen molar-refractivity contribution in [1.82, 2.24) is 4.98 Å². The number of Topliss-reactive ketones (excluding diaryl/α,β-unsaturated/α-hetero) is 1. The minimum Gasteiger partial charge on any atom is -0.507 e. The summed E-state index contributed by atoms with van der Waals surface area (Å²) in [6.07, 6.45) is 3.06. The zero-order valence-electron chi connectivity index (χ0n) is 24.9. The maximum Gasteiger partial charge on any atom is 0.301 e. The molecular weight excluding hydrogens is 564 g/mol. The summed E-state index contributed by atoms with van der Waals surface area (Å²) in [5, 5.41) is 11.9. The van der Waals surface area contributed by atoms with Crippen LogP contribution in [0.15, 0.2) is 66.2 Å². The van der Waals surface area contributed by atoms with E-state index in [1.807, 2.05) is 45.0 Å². The first-order chi connectivity index (χ1) is 20.9. The fourth-order valence-electron chi connectivity index (χ4n) is 5.12. The Kier molecular flexibility index (Phi) is 9.31. The van der Waals surface area contributed by atoms with Crippen LogP contribution in [-0.2, 0) is 9.59 Å². The van der Waals surface area contributed by atoms with Gasteiger partial charge in [0.05, 0.1) is 41.7 Å². The van der Waals surface area contributed by atoms with Crippen molar-refractivity contribution in [3.8, 4) is 17.2 Å². The number of aryl methyl sites for hydroxylation is 1. The number of rotatable bonds is 12. The number of carbonyl (C=O) groups is 2. The molecule has 1 aliphatic heterocycles. The van der Waals surface area contributed by atoms with E-state index in [1.54, 1.807) is 36.4 Å². The Labute approximate surface area is 255 Å². The average molecular weight is 601 g/mol. The number of aliphatic hydroxyl groups is 1. The molecule has 5 rings (SSSR count). The number of carbonyl (C=O) groups excluding carboxylic acids is 2. The van der Waals surface area contributed by atoms with E-state index in [9.17, 15) is 14.7 Å². The van der Waals surface area contributed by atoms with E-state index >= 15 is 0 Å². The van der Waals surface area contributed by atoms with Gasteiger partial charge in [-0.15, -0.1) is 0 Å². The summed E-state index contributed by atoms with van der Waals surface area (Å²) in [4.78, 5) is 33.5. The number of hydrogen-bond donors (Lipinski definition) is 1. The zero-order chi connectivity index (χ0) is 30.5. The summed E-state index contributed by atoms with van der Waals surface area (Å²) in [6.45, 7) is 9.34. The van der Waals surface area contributed by atoms with Crippen molar-refractivity contribution < 1.29 is 28.9 Å². The molecule has 2 heterocycles. The van der Waals surface area contributed by atoms with Crippen LogP contribution in [-0.4, -0.2) is 41.6 Å². The molecule has 1 N–H and O–H groups in total. The van der Waals surface area contributed by atoms with Gasteiger partial charge in [0, 0.05) is 5.56 Å². The van der Waals surface area contributed by atoms with E-state index in [4.69, 9.17) is 19.2 Å². The van der Waals surface area contributed by atoms with Crippen molar-refractivity contribution in [3.05, 3.63) is 82.9 Å². The molecule has 1 aromatic heterocycles. The molecule has 0 saturated carbocycles. The third-order valence-electron chi connectivity index (χ3n) is 7.21. The fourth-order valence-corrected chi connectivity index (χ4v) is 6.21. The standard InChI is InChI=1S/C34H36N2O6S/c1-5-8-9-18-42-26-17-13-23(20-27(26)41-7-3)30-29(31(37)22-11-14-24(15-12-22)40-6-2)32(38)33(39)36(30)34-35-25-16-10-21(4)19-28(25)43-34/h10-17,19-20,30,37H,5-9,18H2,1-4H3. The first-order valence-electron chi connectivity index (χ1n) is 14.7. The van der Waals surface area contributed by atoms with E-state index in [0.717, 1.165) is 35.0 Å². The largest absolute Gasteiger partial charge is 0.507 e. The third-order valence-corrected chi connectivity index (χ3v) is 8.23. The van der Waals surface area contributed by atoms with Crippen LogP contribution in [0.4, 0.5) is 5.13 Å². The summed E-state index contributed by atoms with van der Waals surface area (Å²) in [7, 11) is 0. The number of ketones is 1. The van der Waals surface area contributed by atoms with Gasteiger partial charge in [-0.1, -0.05) is 43.2 Å². The highest BCUT2D eigenvalue weighted by Crippen LogP contribution is 2.46. The lowest BCUT2D eigenvalue weighted by atomic mass is 9.95. The van der Waals surface area contributed by atoms with Crippen molar-refractivity contribution in [3.63, 3.8) is 0 Å². The molecule has 1 amide bonds. The van der Waals surface area contributed by atoms with Crippen LogP contribution in [0, 0.1) is 6.92 Å². The molecule has 0 aliphatic carbocycles. The number of amides is 1. The minimum atomic E-state index is -0.943. The molecule has 1 saturated heterocycles. The van der Waals surface area contributed by atoms with Gasteiger partial charge < -0.3 is 19.3 Å². The molecule has 0 spiro atoms. The minimum absolute atomic E-state index is 0.0244. The van der Waals surface area contributed by atoms with Crippen LogP contribution in [0.5, 0.6) is 17.2 Å². The van der Waals surface area contributed by atoms with Gasteiger partial charge in [0.1, 0.15) is 11.5 Å². The van der Waals surface area contributed by atoms with Crippen molar-refractivity contribution in [2.24, 2.45) is 0 Å². The number of thiazole rings is 1. The number of aliphatic hydroxyl groups excluding tert-OH is 1. The summed E-state index contributed by atoms with van der Waals surface area (Å²) >= 11 is 1.33. The maximum absolute atomic E-state index is 13.7. The summed E-state index contributed by atoms with van der Waals surface area (Å²) in [6, 6.07) is 17.1. The Bertz CT molecular complexity index is 1660. The number of anilines is 1. The summed E-state index contributed by atoms with van der Waals surface area (Å²) in [5.41, 5.74) is 2.75. The molecule has 43 heavy (non-hydrogen) atoms. The van der Waals surface area contributed by atoms with Crippen molar-refractivity contribution in [2.45, 2.75) is 53.0 Å². The number of hydrogen-bond acceptors (Lipinski definition) is 8. The molecular formula is C34H36N2O6S. The van der Waals surface area contributed by atoms with E-state index in [0.29, 0.717) is 53.3 Å². The summed E-state index contributed by atoms with van der Waals surface area (Å²) in [5.74, 6) is -0.0973. The second-order valence-electron chi connectivity index (χ2n) is 10.3. The second kappa shape index (κ2) is 13.3. The highest BCUT2D eigenvalue weighted by Gasteiger charge is 2.48. The van der Waals surface area contributed by atoms with Crippen LogP contribution in [0.25, 0.3) is 16.0 Å². The SMILES string of the molecule is CCCCCOc1ccc(C2C(=C(O)c3ccc(OCC)cc3)C(=O)C(=O)N2c2nc3ccc(C)cc3s2)cc1OCC. The first-order valence-corrected chi connectivity index (χ1v) is 15.5. The molecule has 4 aromatic rings. The molecule has 1 atom stereocenters. The molecule has 224 valence electrons. The van der Waals surface area contributed by atoms with Crippen molar-refractivity contribution in [2.75, 3.05) is 24.7 Å². The summed E-state index contributed by atoms with van der Waals surface area (Å²) < 4.78 is 18.4. The van der Waals surface area contributed by atoms with Crippen molar-refractivity contribution in [1.29, 1.82) is 0 Å². The Morgan fingerprint density at radius 3 is 2.40 bits per heavy atom. The highest BCUT2D eigenvalue weighted by molar-refractivity contribution is 7.22. The fraction of sp³-hybridized carbons (Fsp3) is 0.324. The molecule has 0 radical (unpaired) electrons. The monoisotopic (exact) mass is 600 g/mol. The predicted octanol–water partition coefficient (Wildman–Crippen LogP) is 7.60. The van der Waals surface area contributed by atoms with Crippen LogP contribution in [0.1, 0.15) is 62.8 Å². The van der Waals surface area contributed by atoms with E-state index in [1.165, 1.54) is 16.2 Å². The Balaban J connectivity index is 1.64. The number of benzene rings is 3. The quantitative estimate of drug-likeness (QED) is 0.0774. The van der Waals surface area contributed by atoms with E-state index < -0.39 is 17.7 Å².